The van der Waals surface area contributed by atoms with Crippen LogP contribution < -0.4 is 0 Å². The van der Waals surface area contributed by atoms with Gasteiger partial charge >= 0.3 is 0 Å². The number of carbonyl (C=O) groups is 1. The van der Waals surface area contributed by atoms with E-state index in [0.717, 1.165) is 0 Å². The van der Waals surface area contributed by atoms with E-state index in [1.54, 1.807) is 30.3 Å². The lowest BCUT2D eigenvalue weighted by atomic mass is 10.1. The van der Waals surface area contributed by atoms with Crippen molar-refractivity contribution in [3.63, 3.8) is 0 Å². The van der Waals surface area contributed by atoms with Crippen LogP contribution in [-0.2, 0) is 0 Å². The van der Waals surface area contributed by atoms with Crippen LogP contribution in [0.5, 0.6) is 0 Å². The molecule has 58 valence electrons. The fraction of sp³-hybridized carbons (Fsp3) is 0.125. The number of rotatable bonds is 2. The van der Waals surface area contributed by atoms with Crippen LogP contribution in [0, 0.1) is 0 Å². The molecule has 0 aromatic heterocycles. The van der Waals surface area contributed by atoms with E-state index in [1.807, 2.05) is 0 Å². The van der Waals surface area contributed by atoms with Gasteiger partial charge in [0.15, 0.2) is 0 Å². The number of carbonyl (C=O) groups excluding carboxylic acids is 1. The van der Waals surface area contributed by atoms with Crippen LogP contribution in [0.2, 0.25) is 0 Å². The van der Waals surface area contributed by atoms with E-state index in [-0.39, 0.29) is 0 Å². The van der Waals surface area contributed by atoms with Gasteiger partial charge in [0.1, 0.15) is 0 Å². The molecule has 3 heteroatoms. The Balaban J connectivity index is 2.86. The van der Waals surface area contributed by atoms with Gasteiger partial charge in [-0.05, 0) is 22.6 Å². The molecule has 1 unspecified atom stereocenters. The van der Waals surface area contributed by atoms with E-state index in [0.29, 0.717) is 5.56 Å². The number of ketones is 1. The lowest BCUT2D eigenvalue weighted by molar-refractivity contribution is 0.0948. The Morgan fingerprint density at radius 2 is 1.91 bits per heavy atom. The van der Waals surface area contributed by atoms with E-state index in [9.17, 15) is 9.18 Å². The van der Waals surface area contributed by atoms with Crippen molar-refractivity contribution in [1.82, 2.24) is 0 Å². The smallest absolute Gasteiger partial charge is 0.213 e. The third-order valence-electron chi connectivity index (χ3n) is 1.26. The van der Waals surface area contributed by atoms with Crippen molar-refractivity contribution in [3.8, 4) is 0 Å². The second-order valence-electron chi connectivity index (χ2n) is 2.03. The molecule has 0 aliphatic carbocycles. The molecular formula is C8H6FIO. The summed E-state index contributed by atoms with van der Waals surface area (Å²) >= 11 is 1.46. The summed E-state index contributed by atoms with van der Waals surface area (Å²) in [6.45, 7) is 0. The third-order valence-corrected chi connectivity index (χ3v) is 1.82. The van der Waals surface area contributed by atoms with Gasteiger partial charge in [-0.1, -0.05) is 30.3 Å². The first kappa shape index (κ1) is 8.64. The minimum Gasteiger partial charge on any atom is -0.290 e. The maximum Gasteiger partial charge on any atom is 0.213 e. The Morgan fingerprint density at radius 1 is 1.36 bits per heavy atom. The largest absolute Gasteiger partial charge is 0.290 e. The highest BCUT2D eigenvalue weighted by molar-refractivity contribution is 14.1. The van der Waals surface area contributed by atoms with Crippen LogP contribution in [0.25, 0.3) is 0 Å². The molecule has 1 nitrogen and oxygen atoms in total. The summed E-state index contributed by atoms with van der Waals surface area (Å²) < 4.78 is 11.0. The monoisotopic (exact) mass is 264 g/mol. The van der Waals surface area contributed by atoms with Crippen molar-refractivity contribution >= 4 is 28.4 Å². The highest BCUT2D eigenvalue weighted by atomic mass is 127. The van der Waals surface area contributed by atoms with Crippen molar-refractivity contribution in [2.75, 3.05) is 0 Å². The summed E-state index contributed by atoms with van der Waals surface area (Å²) in [6.07, 6.45) is 0. The van der Waals surface area contributed by atoms with Gasteiger partial charge < -0.3 is 0 Å². The number of halogens is 2. The number of Topliss-reactive ketones (excluding diaryl/α,β-unsaturated/α-hetero) is 1. The van der Waals surface area contributed by atoms with E-state index < -0.39 is 9.96 Å². The first-order valence-corrected chi connectivity index (χ1v) is 4.34. The first-order valence-electron chi connectivity index (χ1n) is 3.09. The van der Waals surface area contributed by atoms with Crippen molar-refractivity contribution in [2.24, 2.45) is 0 Å². The van der Waals surface area contributed by atoms with Crippen molar-refractivity contribution < 1.29 is 9.18 Å². The zero-order valence-corrected chi connectivity index (χ0v) is 7.79. The fourth-order valence-electron chi connectivity index (χ4n) is 0.728. The third kappa shape index (κ3) is 2.25. The Morgan fingerprint density at radius 3 is 2.36 bits per heavy atom. The van der Waals surface area contributed by atoms with Crippen molar-refractivity contribution in [3.05, 3.63) is 35.9 Å². The van der Waals surface area contributed by atoms with Crippen molar-refractivity contribution in [2.45, 2.75) is 4.18 Å². The lowest BCUT2D eigenvalue weighted by Crippen LogP contribution is -2.07. The van der Waals surface area contributed by atoms with Gasteiger partial charge in [0.05, 0.1) is 0 Å². The van der Waals surface area contributed by atoms with Crippen LogP contribution in [0.1, 0.15) is 10.4 Å². The van der Waals surface area contributed by atoms with Gasteiger partial charge in [0.2, 0.25) is 9.96 Å². The molecule has 0 bridgehead atoms. The van der Waals surface area contributed by atoms with Gasteiger partial charge in [-0.25, -0.2) is 4.39 Å². The summed E-state index contributed by atoms with van der Waals surface area (Å²) in [7, 11) is 0. The molecule has 1 aromatic rings. The summed E-state index contributed by atoms with van der Waals surface area (Å²) in [5.41, 5.74) is 0.425. The van der Waals surface area contributed by atoms with E-state index in [2.05, 4.69) is 0 Å². The summed E-state index contributed by atoms with van der Waals surface area (Å²) in [6, 6.07) is 8.43. The molecule has 0 aliphatic heterocycles. The molecule has 0 heterocycles. The molecule has 0 N–H and O–H groups in total. The topological polar surface area (TPSA) is 17.1 Å². The van der Waals surface area contributed by atoms with E-state index in [1.165, 1.54) is 22.6 Å². The zero-order chi connectivity index (χ0) is 8.27. The Hall–Kier alpha value is -0.450. The minimum absolute atomic E-state index is 0.425. The van der Waals surface area contributed by atoms with Crippen LogP contribution in [0.4, 0.5) is 4.39 Å². The molecule has 11 heavy (non-hydrogen) atoms. The molecule has 0 spiro atoms. The maximum atomic E-state index is 12.4. The van der Waals surface area contributed by atoms with Gasteiger partial charge in [-0.3, -0.25) is 4.79 Å². The molecule has 0 saturated heterocycles. The number of hydrogen-bond donors (Lipinski definition) is 0. The predicted molar refractivity (Wildman–Crippen MR) is 49.7 cm³/mol. The molecule has 1 atom stereocenters. The molecule has 1 aromatic carbocycles. The molecular weight excluding hydrogens is 258 g/mol. The average molecular weight is 264 g/mol. The Kier molecular flexibility index (Phi) is 2.99. The summed E-state index contributed by atoms with van der Waals surface area (Å²) in [5, 5.41) is 0. The van der Waals surface area contributed by atoms with Crippen LogP contribution >= 0.6 is 22.6 Å². The molecule has 0 aliphatic rings. The fourth-order valence-corrected chi connectivity index (χ4v) is 1.09. The van der Waals surface area contributed by atoms with Crippen molar-refractivity contribution in [1.29, 1.82) is 0 Å². The van der Waals surface area contributed by atoms with Gasteiger partial charge in [-0.2, -0.15) is 0 Å². The highest BCUT2D eigenvalue weighted by Crippen LogP contribution is 2.10. The summed E-state index contributed by atoms with van der Waals surface area (Å²) in [4.78, 5) is 11.0. The number of alkyl halides is 2. The number of benzene rings is 1. The second-order valence-corrected chi connectivity index (χ2v) is 3.12. The molecule has 0 radical (unpaired) electrons. The van der Waals surface area contributed by atoms with Gasteiger partial charge in [0, 0.05) is 5.56 Å². The standard InChI is InChI=1S/C8H6FIO/c9-8(10)7(11)6-4-2-1-3-5-6/h1-5,8H. The van der Waals surface area contributed by atoms with Gasteiger partial charge in [-0.15, -0.1) is 0 Å². The molecule has 1 rings (SSSR count). The molecule has 0 saturated carbocycles. The first-order chi connectivity index (χ1) is 5.22. The highest BCUT2D eigenvalue weighted by Gasteiger charge is 2.13. The molecule has 0 amide bonds. The maximum absolute atomic E-state index is 12.4. The quantitative estimate of drug-likeness (QED) is 0.456. The van der Waals surface area contributed by atoms with Crippen LogP contribution in [0.3, 0.4) is 0 Å². The van der Waals surface area contributed by atoms with E-state index in [4.69, 9.17) is 0 Å². The van der Waals surface area contributed by atoms with Gasteiger partial charge in [0.25, 0.3) is 0 Å². The Labute approximate surface area is 77.8 Å². The predicted octanol–water partition coefficient (Wildman–Crippen LogP) is 2.60. The second kappa shape index (κ2) is 3.80. The lowest BCUT2D eigenvalue weighted by Gasteiger charge is -1.97. The number of hydrogen-bond acceptors (Lipinski definition) is 1. The molecule has 0 fully saturated rings. The zero-order valence-electron chi connectivity index (χ0n) is 5.63. The normalized spacial score (nSPS) is 12.5. The van der Waals surface area contributed by atoms with Crippen LogP contribution in [-0.4, -0.2) is 9.96 Å². The van der Waals surface area contributed by atoms with Crippen LogP contribution in [0.15, 0.2) is 30.3 Å². The SMILES string of the molecule is O=C(c1ccccc1)C(F)I. The minimum atomic E-state index is -1.44. The Bertz CT molecular complexity index is 246. The van der Waals surface area contributed by atoms with E-state index >= 15 is 0 Å². The summed E-state index contributed by atoms with van der Waals surface area (Å²) in [5.74, 6) is -0.466. The average Bonchev–Trinajstić information content (AvgIpc) is 2.05.